The molecule has 0 aliphatic carbocycles. The zero-order valence-electron chi connectivity index (χ0n) is 19.8. The number of carbonyl (C=O) groups is 1. The van der Waals surface area contributed by atoms with Gasteiger partial charge in [-0.25, -0.2) is 4.79 Å². The van der Waals surface area contributed by atoms with Gasteiger partial charge in [-0.15, -0.1) is 0 Å². The summed E-state index contributed by atoms with van der Waals surface area (Å²) in [7, 11) is 3.07. The van der Waals surface area contributed by atoms with E-state index >= 15 is 0 Å². The van der Waals surface area contributed by atoms with E-state index in [0.717, 1.165) is 10.1 Å². The van der Waals surface area contributed by atoms with Gasteiger partial charge in [-0.3, -0.25) is 23.3 Å². The minimum atomic E-state index is -0.437. The first-order valence-electron chi connectivity index (χ1n) is 11.4. The van der Waals surface area contributed by atoms with Crippen molar-refractivity contribution in [2.75, 3.05) is 31.1 Å². The predicted octanol–water partition coefficient (Wildman–Crippen LogP) is 2.75. The van der Waals surface area contributed by atoms with Crippen molar-refractivity contribution in [2.45, 2.75) is 6.54 Å². The van der Waals surface area contributed by atoms with Crippen LogP contribution in [0.4, 0.5) is 5.95 Å². The maximum atomic E-state index is 13.2. The van der Waals surface area contributed by atoms with Crippen LogP contribution >= 0.6 is 23.2 Å². The van der Waals surface area contributed by atoms with Crippen LogP contribution in [0.2, 0.25) is 10.0 Å². The first kappa shape index (κ1) is 24.1. The number of nitrogens with zero attached hydrogens (tertiary/aromatic N) is 6. The van der Waals surface area contributed by atoms with Gasteiger partial charge in [0, 0.05) is 55.9 Å². The molecule has 1 saturated heterocycles. The van der Waals surface area contributed by atoms with Crippen molar-refractivity contribution in [3.8, 4) is 0 Å². The van der Waals surface area contributed by atoms with Crippen LogP contribution in [0.1, 0.15) is 15.9 Å². The molecule has 5 rings (SSSR count). The van der Waals surface area contributed by atoms with E-state index in [0.29, 0.717) is 65.4 Å². The number of aromatic nitrogens is 4. The Morgan fingerprint density at radius 2 is 1.44 bits per heavy atom. The lowest BCUT2D eigenvalue weighted by Gasteiger charge is -2.35. The molecule has 4 aromatic rings. The number of benzene rings is 2. The van der Waals surface area contributed by atoms with Gasteiger partial charge in [0.1, 0.15) is 0 Å². The Balaban J connectivity index is 1.50. The highest BCUT2D eigenvalue weighted by atomic mass is 35.5. The molecule has 2 aromatic heterocycles. The number of rotatable bonds is 4. The standard InChI is InChI=1S/C25H24Cl2N6O3/c1-29-21-20(23(35)30(2)25(29)36)33(15-16-3-7-18(26)8-4-16)24(28-21)32-13-11-31(12-14-32)22(34)17-5-9-19(27)10-6-17/h3-10H,11-15H2,1-2H3. The second kappa shape index (κ2) is 9.48. The number of carbonyl (C=O) groups excluding carboxylic acids is 1. The van der Waals surface area contributed by atoms with Crippen LogP contribution in [0.15, 0.2) is 58.1 Å². The molecule has 1 aliphatic heterocycles. The maximum absolute atomic E-state index is 13.2. The van der Waals surface area contributed by atoms with Gasteiger partial charge in [-0.1, -0.05) is 35.3 Å². The third kappa shape index (κ3) is 4.29. The summed E-state index contributed by atoms with van der Waals surface area (Å²) in [4.78, 5) is 47.3. The third-order valence-electron chi connectivity index (χ3n) is 6.52. The molecule has 0 saturated carbocycles. The zero-order chi connectivity index (χ0) is 25.6. The number of piperazine rings is 1. The molecule has 0 atom stereocenters. The van der Waals surface area contributed by atoms with Gasteiger partial charge < -0.3 is 9.80 Å². The minimum Gasteiger partial charge on any atom is -0.339 e. The molecule has 3 heterocycles. The highest BCUT2D eigenvalue weighted by Crippen LogP contribution is 2.24. The lowest BCUT2D eigenvalue weighted by molar-refractivity contribution is 0.0746. The van der Waals surface area contributed by atoms with Crippen LogP contribution in [0.25, 0.3) is 11.2 Å². The van der Waals surface area contributed by atoms with Crippen LogP contribution in [-0.2, 0) is 20.6 Å². The van der Waals surface area contributed by atoms with Crippen molar-refractivity contribution in [3.63, 3.8) is 0 Å². The van der Waals surface area contributed by atoms with Crippen LogP contribution in [0, 0.1) is 0 Å². The van der Waals surface area contributed by atoms with Crippen molar-refractivity contribution in [1.29, 1.82) is 0 Å². The highest BCUT2D eigenvalue weighted by Gasteiger charge is 2.27. The minimum absolute atomic E-state index is 0.0581. The van der Waals surface area contributed by atoms with Gasteiger partial charge >= 0.3 is 5.69 Å². The fraction of sp³-hybridized carbons (Fsp3) is 0.280. The first-order valence-corrected chi connectivity index (χ1v) is 12.2. The summed E-state index contributed by atoms with van der Waals surface area (Å²) in [6.45, 7) is 2.40. The number of hydrogen-bond acceptors (Lipinski definition) is 5. The highest BCUT2D eigenvalue weighted by molar-refractivity contribution is 6.30. The molecular weight excluding hydrogens is 503 g/mol. The third-order valence-corrected chi connectivity index (χ3v) is 7.03. The molecule has 9 nitrogen and oxygen atoms in total. The number of fused-ring (bicyclic) bond motifs is 1. The van der Waals surface area contributed by atoms with E-state index in [4.69, 9.17) is 28.2 Å². The molecule has 0 spiro atoms. The van der Waals surface area contributed by atoms with E-state index in [2.05, 4.69) is 0 Å². The fourth-order valence-corrected chi connectivity index (χ4v) is 4.74. The Hall–Kier alpha value is -3.56. The number of anilines is 1. The SMILES string of the molecule is Cn1c(=O)c2c(nc(N3CCN(C(=O)c4ccc(Cl)cc4)CC3)n2Cc2ccc(Cl)cc2)n(C)c1=O. The largest absolute Gasteiger partial charge is 0.339 e. The molecule has 0 radical (unpaired) electrons. The molecule has 1 amide bonds. The molecule has 0 N–H and O–H groups in total. The molecule has 1 fully saturated rings. The molecular formula is C25H24Cl2N6O3. The Labute approximate surface area is 216 Å². The summed E-state index contributed by atoms with van der Waals surface area (Å²) in [6, 6.07) is 14.2. The zero-order valence-corrected chi connectivity index (χ0v) is 21.3. The van der Waals surface area contributed by atoms with E-state index in [-0.39, 0.29) is 5.91 Å². The van der Waals surface area contributed by atoms with Crippen LogP contribution in [0.5, 0.6) is 0 Å². The second-order valence-corrected chi connectivity index (χ2v) is 9.66. The molecule has 1 aliphatic rings. The monoisotopic (exact) mass is 526 g/mol. The number of imidazole rings is 1. The van der Waals surface area contributed by atoms with E-state index in [1.807, 2.05) is 21.6 Å². The predicted molar refractivity (Wildman–Crippen MR) is 140 cm³/mol. The number of hydrogen-bond donors (Lipinski definition) is 0. The number of halogens is 2. The summed E-state index contributed by atoms with van der Waals surface area (Å²) in [5.41, 5.74) is 1.36. The van der Waals surface area contributed by atoms with Gasteiger partial charge in [0.05, 0.1) is 6.54 Å². The summed E-state index contributed by atoms with van der Waals surface area (Å²) < 4.78 is 4.32. The van der Waals surface area contributed by atoms with Crippen LogP contribution in [-0.4, -0.2) is 55.7 Å². The summed E-state index contributed by atoms with van der Waals surface area (Å²) >= 11 is 12.0. The van der Waals surface area contributed by atoms with E-state index < -0.39 is 11.2 Å². The first-order chi connectivity index (χ1) is 17.2. The molecule has 36 heavy (non-hydrogen) atoms. The molecule has 2 aromatic carbocycles. The number of aryl methyl sites for hydroxylation is 1. The van der Waals surface area contributed by atoms with Crippen LogP contribution < -0.4 is 16.1 Å². The Morgan fingerprint density at radius 3 is 2.06 bits per heavy atom. The topological polar surface area (TPSA) is 85.4 Å². The van der Waals surface area contributed by atoms with E-state index in [9.17, 15) is 14.4 Å². The van der Waals surface area contributed by atoms with Crippen molar-refractivity contribution < 1.29 is 4.79 Å². The molecule has 186 valence electrons. The Morgan fingerprint density at radius 1 is 0.861 bits per heavy atom. The van der Waals surface area contributed by atoms with E-state index in [1.165, 1.54) is 11.6 Å². The van der Waals surface area contributed by atoms with Crippen molar-refractivity contribution >= 4 is 46.2 Å². The lowest BCUT2D eigenvalue weighted by Crippen LogP contribution is -2.49. The molecule has 11 heteroatoms. The average molecular weight is 527 g/mol. The normalized spacial score (nSPS) is 14.0. The van der Waals surface area contributed by atoms with Crippen molar-refractivity contribution in [1.82, 2.24) is 23.6 Å². The lowest BCUT2D eigenvalue weighted by atomic mass is 10.2. The van der Waals surface area contributed by atoms with Gasteiger partial charge in [-0.2, -0.15) is 4.98 Å². The van der Waals surface area contributed by atoms with Crippen LogP contribution in [0.3, 0.4) is 0 Å². The molecule has 0 unspecified atom stereocenters. The Kier molecular flexibility index (Phi) is 6.36. The Bertz CT molecular complexity index is 1560. The molecule has 0 bridgehead atoms. The summed E-state index contributed by atoms with van der Waals surface area (Å²) in [6.07, 6.45) is 0. The quantitative estimate of drug-likeness (QED) is 0.408. The smallest absolute Gasteiger partial charge is 0.332 e. The van der Waals surface area contributed by atoms with Gasteiger partial charge in [0.2, 0.25) is 5.95 Å². The van der Waals surface area contributed by atoms with E-state index in [1.54, 1.807) is 48.3 Å². The summed E-state index contributed by atoms with van der Waals surface area (Å²) in [5, 5.41) is 1.20. The second-order valence-electron chi connectivity index (χ2n) is 8.79. The van der Waals surface area contributed by atoms with Crippen molar-refractivity contribution in [3.05, 3.63) is 90.5 Å². The average Bonchev–Trinajstić information content (AvgIpc) is 3.27. The van der Waals surface area contributed by atoms with Gasteiger partial charge in [0.15, 0.2) is 11.2 Å². The fourth-order valence-electron chi connectivity index (χ4n) is 4.48. The summed E-state index contributed by atoms with van der Waals surface area (Å²) in [5.74, 6) is 0.522. The van der Waals surface area contributed by atoms with Gasteiger partial charge in [-0.05, 0) is 42.0 Å². The van der Waals surface area contributed by atoms with Gasteiger partial charge in [0.25, 0.3) is 11.5 Å². The maximum Gasteiger partial charge on any atom is 0.332 e. The van der Waals surface area contributed by atoms with Crippen molar-refractivity contribution in [2.24, 2.45) is 14.1 Å². The number of amides is 1.